The lowest BCUT2D eigenvalue weighted by Gasteiger charge is -2.16. The van der Waals surface area contributed by atoms with Crippen LogP contribution in [0.5, 0.6) is 5.75 Å². The molecule has 1 N–H and O–H groups in total. The van der Waals surface area contributed by atoms with Gasteiger partial charge in [-0.05, 0) is 30.5 Å². The number of rotatable bonds is 6. The number of fused-ring (bicyclic) bond motifs is 1. The molecular formula is C22H27N3O3S. The molecule has 0 aliphatic carbocycles. The van der Waals surface area contributed by atoms with E-state index < -0.39 is 0 Å². The summed E-state index contributed by atoms with van der Waals surface area (Å²) >= 11 is 1.48. The molecule has 1 amide bonds. The van der Waals surface area contributed by atoms with Crippen LogP contribution in [0.15, 0.2) is 24.3 Å². The smallest absolute Gasteiger partial charge is 0.261 e. The number of aryl methyl sites for hydroxylation is 2. The van der Waals surface area contributed by atoms with E-state index in [9.17, 15) is 4.79 Å². The van der Waals surface area contributed by atoms with Crippen LogP contribution in [0, 0.1) is 6.92 Å². The average Bonchev–Trinajstić information content (AvgIpc) is 3.39. The Hall–Kier alpha value is -2.38. The van der Waals surface area contributed by atoms with E-state index in [-0.39, 0.29) is 12.0 Å². The SMILES string of the molecule is Cc1ccc(CNC(=O)c2cc3c(C(C)C)nn(C)c3s2)c(OC2CCOC2)c1. The van der Waals surface area contributed by atoms with Crippen LogP contribution in [0.3, 0.4) is 0 Å². The second kappa shape index (κ2) is 8.16. The van der Waals surface area contributed by atoms with Gasteiger partial charge in [0, 0.05) is 31.0 Å². The zero-order valence-corrected chi connectivity index (χ0v) is 18.1. The molecule has 3 heterocycles. The maximum Gasteiger partial charge on any atom is 0.261 e. The van der Waals surface area contributed by atoms with E-state index in [4.69, 9.17) is 9.47 Å². The molecule has 154 valence electrons. The van der Waals surface area contributed by atoms with E-state index in [1.165, 1.54) is 11.3 Å². The quantitative estimate of drug-likeness (QED) is 0.659. The van der Waals surface area contributed by atoms with Crippen LogP contribution in [-0.2, 0) is 18.3 Å². The number of ether oxygens (including phenoxy) is 2. The maximum absolute atomic E-state index is 12.8. The molecule has 1 aromatic carbocycles. The molecule has 4 rings (SSSR count). The van der Waals surface area contributed by atoms with E-state index in [0.29, 0.717) is 23.9 Å². The monoisotopic (exact) mass is 413 g/mol. The Bertz CT molecular complexity index is 1030. The van der Waals surface area contributed by atoms with Crippen molar-refractivity contribution in [1.82, 2.24) is 15.1 Å². The molecule has 0 radical (unpaired) electrons. The summed E-state index contributed by atoms with van der Waals surface area (Å²) in [4.78, 5) is 14.5. The lowest BCUT2D eigenvalue weighted by Crippen LogP contribution is -2.23. The van der Waals surface area contributed by atoms with Crippen LogP contribution < -0.4 is 10.1 Å². The topological polar surface area (TPSA) is 65.4 Å². The number of thiophene rings is 1. The molecule has 1 atom stereocenters. The van der Waals surface area contributed by atoms with Crippen molar-refractivity contribution >= 4 is 27.5 Å². The van der Waals surface area contributed by atoms with Gasteiger partial charge in [0.1, 0.15) is 16.7 Å². The third-order valence-electron chi connectivity index (χ3n) is 5.15. The fourth-order valence-corrected chi connectivity index (χ4v) is 4.57. The second-order valence-electron chi connectivity index (χ2n) is 7.89. The van der Waals surface area contributed by atoms with Gasteiger partial charge >= 0.3 is 0 Å². The van der Waals surface area contributed by atoms with E-state index in [2.05, 4.69) is 24.3 Å². The fourth-order valence-electron chi connectivity index (χ4n) is 3.57. The Kier molecular flexibility index (Phi) is 5.61. The highest BCUT2D eigenvalue weighted by Gasteiger charge is 2.20. The molecular weight excluding hydrogens is 386 g/mol. The first-order valence-corrected chi connectivity index (χ1v) is 10.8. The standard InChI is InChI=1S/C22H27N3O3S/c1-13(2)20-17-10-19(29-22(17)25(4)24-20)21(26)23-11-15-6-5-14(3)9-18(15)28-16-7-8-27-12-16/h5-6,9-10,13,16H,7-8,11-12H2,1-4H3,(H,23,26). The Morgan fingerprint density at radius 2 is 2.24 bits per heavy atom. The minimum Gasteiger partial charge on any atom is -0.488 e. The van der Waals surface area contributed by atoms with Gasteiger partial charge in [-0.25, -0.2) is 0 Å². The van der Waals surface area contributed by atoms with Gasteiger partial charge < -0.3 is 14.8 Å². The summed E-state index contributed by atoms with van der Waals surface area (Å²) in [5.41, 5.74) is 3.14. The zero-order valence-electron chi connectivity index (χ0n) is 17.3. The number of nitrogens with one attached hydrogen (secondary N) is 1. The summed E-state index contributed by atoms with van der Waals surface area (Å²) in [7, 11) is 1.93. The zero-order chi connectivity index (χ0) is 20.5. The fraction of sp³-hybridized carbons (Fsp3) is 0.455. The molecule has 1 saturated heterocycles. The van der Waals surface area contributed by atoms with Crippen molar-refractivity contribution in [1.29, 1.82) is 0 Å². The first kappa shape index (κ1) is 19.9. The lowest BCUT2D eigenvalue weighted by molar-refractivity contribution is 0.0954. The van der Waals surface area contributed by atoms with Crippen molar-refractivity contribution in [2.45, 2.75) is 45.8 Å². The van der Waals surface area contributed by atoms with Crippen LogP contribution in [0.1, 0.15) is 52.7 Å². The summed E-state index contributed by atoms with van der Waals surface area (Å²) in [5, 5.41) is 8.70. The highest BCUT2D eigenvalue weighted by atomic mass is 32.1. The van der Waals surface area contributed by atoms with Gasteiger partial charge in [-0.3, -0.25) is 9.48 Å². The van der Waals surface area contributed by atoms with Crippen LogP contribution in [-0.4, -0.2) is 35.0 Å². The molecule has 1 unspecified atom stereocenters. The Balaban J connectivity index is 1.50. The molecule has 1 aliphatic heterocycles. The number of aromatic nitrogens is 2. The van der Waals surface area contributed by atoms with Gasteiger partial charge in [0.15, 0.2) is 0 Å². The number of carbonyl (C=O) groups excluding carboxylic acids is 1. The summed E-state index contributed by atoms with van der Waals surface area (Å²) in [6.45, 7) is 8.06. The van der Waals surface area contributed by atoms with Crippen molar-refractivity contribution in [2.24, 2.45) is 7.05 Å². The van der Waals surface area contributed by atoms with Crippen LogP contribution >= 0.6 is 11.3 Å². The number of nitrogens with zero attached hydrogens (tertiary/aromatic N) is 2. The summed E-state index contributed by atoms with van der Waals surface area (Å²) < 4.78 is 13.4. The van der Waals surface area contributed by atoms with Crippen LogP contribution in [0.2, 0.25) is 0 Å². The number of hydrogen-bond acceptors (Lipinski definition) is 5. The summed E-state index contributed by atoms with van der Waals surface area (Å²) in [6.07, 6.45) is 0.976. The van der Waals surface area contributed by atoms with E-state index in [0.717, 1.165) is 45.8 Å². The summed E-state index contributed by atoms with van der Waals surface area (Å²) in [6, 6.07) is 8.05. The second-order valence-corrected chi connectivity index (χ2v) is 8.92. The molecule has 0 saturated carbocycles. The maximum atomic E-state index is 12.8. The largest absolute Gasteiger partial charge is 0.488 e. The predicted octanol–water partition coefficient (Wildman–Crippen LogP) is 4.16. The van der Waals surface area contributed by atoms with Crippen molar-refractivity contribution in [2.75, 3.05) is 13.2 Å². The van der Waals surface area contributed by atoms with Crippen molar-refractivity contribution in [3.05, 3.63) is 46.0 Å². The normalized spacial score (nSPS) is 16.7. The Morgan fingerprint density at radius 3 is 2.97 bits per heavy atom. The average molecular weight is 414 g/mol. The van der Waals surface area contributed by atoms with E-state index >= 15 is 0 Å². The van der Waals surface area contributed by atoms with Gasteiger partial charge in [-0.1, -0.05) is 26.0 Å². The molecule has 3 aromatic rings. The van der Waals surface area contributed by atoms with Crippen LogP contribution in [0.25, 0.3) is 10.2 Å². The van der Waals surface area contributed by atoms with Gasteiger partial charge in [0.2, 0.25) is 0 Å². The minimum atomic E-state index is -0.0726. The third kappa shape index (κ3) is 4.16. The number of carbonyl (C=O) groups is 1. The third-order valence-corrected chi connectivity index (χ3v) is 6.35. The molecule has 6 nitrogen and oxygen atoms in total. The lowest BCUT2D eigenvalue weighted by atomic mass is 10.1. The molecule has 0 bridgehead atoms. The highest BCUT2D eigenvalue weighted by molar-refractivity contribution is 7.20. The molecule has 1 aliphatic rings. The van der Waals surface area contributed by atoms with Gasteiger partial charge in [-0.2, -0.15) is 5.10 Å². The van der Waals surface area contributed by atoms with Crippen molar-refractivity contribution < 1.29 is 14.3 Å². The first-order chi connectivity index (χ1) is 13.9. The molecule has 0 spiro atoms. The molecule has 7 heteroatoms. The highest BCUT2D eigenvalue weighted by Crippen LogP contribution is 2.31. The number of hydrogen-bond donors (Lipinski definition) is 1. The van der Waals surface area contributed by atoms with E-state index in [1.807, 2.05) is 42.9 Å². The molecule has 29 heavy (non-hydrogen) atoms. The van der Waals surface area contributed by atoms with Gasteiger partial charge in [-0.15, -0.1) is 11.3 Å². The minimum absolute atomic E-state index is 0.0726. The van der Waals surface area contributed by atoms with Crippen LogP contribution in [0.4, 0.5) is 0 Å². The van der Waals surface area contributed by atoms with E-state index in [1.54, 1.807) is 0 Å². The van der Waals surface area contributed by atoms with Crippen molar-refractivity contribution in [3.63, 3.8) is 0 Å². The number of benzene rings is 1. The summed E-state index contributed by atoms with van der Waals surface area (Å²) in [5.74, 6) is 1.07. The molecule has 1 fully saturated rings. The van der Waals surface area contributed by atoms with Gasteiger partial charge in [0.25, 0.3) is 5.91 Å². The Morgan fingerprint density at radius 1 is 1.41 bits per heavy atom. The predicted molar refractivity (Wildman–Crippen MR) is 115 cm³/mol. The number of amides is 1. The van der Waals surface area contributed by atoms with Crippen molar-refractivity contribution in [3.8, 4) is 5.75 Å². The Labute approximate surface area is 174 Å². The molecule has 2 aromatic heterocycles. The first-order valence-electron chi connectivity index (χ1n) is 10.0. The van der Waals surface area contributed by atoms with Gasteiger partial charge in [0.05, 0.1) is 23.8 Å².